The summed E-state index contributed by atoms with van der Waals surface area (Å²) in [5.74, 6) is -0.777. The molecule has 86 valence electrons. The van der Waals surface area contributed by atoms with Crippen molar-refractivity contribution in [1.29, 1.82) is 0 Å². The van der Waals surface area contributed by atoms with Crippen molar-refractivity contribution < 1.29 is 9.90 Å². The Labute approximate surface area is 95.3 Å². The molecule has 0 spiro atoms. The molecule has 1 atom stereocenters. The molecule has 0 amide bonds. The van der Waals surface area contributed by atoms with Gasteiger partial charge >= 0.3 is 5.97 Å². The number of carboxylic acids is 1. The summed E-state index contributed by atoms with van der Waals surface area (Å²) in [6.07, 6.45) is 3.74. The van der Waals surface area contributed by atoms with E-state index in [4.69, 9.17) is 10.8 Å². The van der Waals surface area contributed by atoms with E-state index < -0.39 is 11.9 Å². The zero-order chi connectivity index (χ0) is 11.5. The quantitative estimate of drug-likeness (QED) is 0.815. The highest BCUT2D eigenvalue weighted by Crippen LogP contribution is 2.37. The fraction of sp³-hybridized carbons (Fsp3) is 0.462. The highest BCUT2D eigenvalue weighted by atomic mass is 16.4. The van der Waals surface area contributed by atoms with Gasteiger partial charge in [-0.2, -0.15) is 0 Å². The third-order valence-corrected chi connectivity index (χ3v) is 3.42. The van der Waals surface area contributed by atoms with E-state index in [1.54, 1.807) is 0 Å². The number of carboxylic acid groups (broad SMARTS) is 1. The molecule has 2 rings (SSSR count). The average molecular weight is 219 g/mol. The summed E-state index contributed by atoms with van der Waals surface area (Å²) in [5.41, 5.74) is 7.60. The van der Waals surface area contributed by atoms with Crippen LogP contribution in [0.15, 0.2) is 24.3 Å². The second-order valence-corrected chi connectivity index (χ2v) is 4.42. The molecular formula is C13H17NO2. The van der Waals surface area contributed by atoms with Crippen LogP contribution < -0.4 is 5.73 Å². The predicted molar refractivity (Wildman–Crippen MR) is 62.5 cm³/mol. The van der Waals surface area contributed by atoms with Crippen LogP contribution in [0.3, 0.4) is 0 Å². The summed E-state index contributed by atoms with van der Waals surface area (Å²) in [6.45, 7) is 0.156. The molecule has 3 heteroatoms. The van der Waals surface area contributed by atoms with Crippen LogP contribution >= 0.6 is 0 Å². The first kappa shape index (κ1) is 11.1. The number of carbonyl (C=O) groups is 1. The average Bonchev–Trinajstić information content (AvgIpc) is 2.16. The summed E-state index contributed by atoms with van der Waals surface area (Å²) in [4.78, 5) is 11.0. The molecule has 0 bridgehead atoms. The Kier molecular flexibility index (Phi) is 3.25. The number of hydrogen-bond acceptors (Lipinski definition) is 2. The van der Waals surface area contributed by atoms with E-state index in [0.717, 1.165) is 5.56 Å². The summed E-state index contributed by atoms with van der Waals surface area (Å²) in [5, 5.41) is 9.05. The molecule has 0 saturated heterocycles. The number of benzene rings is 1. The van der Waals surface area contributed by atoms with Crippen LogP contribution in [0, 0.1) is 0 Å². The van der Waals surface area contributed by atoms with Crippen molar-refractivity contribution in [2.45, 2.75) is 31.1 Å². The Morgan fingerprint density at radius 1 is 1.50 bits per heavy atom. The Morgan fingerprint density at radius 3 is 2.75 bits per heavy atom. The second kappa shape index (κ2) is 4.66. The fourth-order valence-corrected chi connectivity index (χ4v) is 2.15. The van der Waals surface area contributed by atoms with Gasteiger partial charge in [0.25, 0.3) is 0 Å². The van der Waals surface area contributed by atoms with E-state index in [-0.39, 0.29) is 6.54 Å². The molecule has 3 N–H and O–H groups in total. The first-order chi connectivity index (χ1) is 7.72. The number of rotatable bonds is 4. The maximum absolute atomic E-state index is 11.0. The lowest BCUT2D eigenvalue weighted by atomic mass is 9.79. The SMILES string of the molecule is NCC(C(=O)O)c1cccc(C2CCC2)c1. The molecule has 0 aliphatic heterocycles. The molecule has 3 nitrogen and oxygen atoms in total. The van der Waals surface area contributed by atoms with Crippen LogP contribution in [0.25, 0.3) is 0 Å². The molecule has 1 aromatic carbocycles. The minimum absolute atomic E-state index is 0.156. The van der Waals surface area contributed by atoms with Crippen molar-refractivity contribution in [3.63, 3.8) is 0 Å². The van der Waals surface area contributed by atoms with Crippen molar-refractivity contribution in [3.05, 3.63) is 35.4 Å². The van der Waals surface area contributed by atoms with Crippen LogP contribution in [0.1, 0.15) is 42.2 Å². The van der Waals surface area contributed by atoms with E-state index in [1.807, 2.05) is 18.2 Å². The lowest BCUT2D eigenvalue weighted by molar-refractivity contribution is -0.138. The molecule has 0 radical (unpaired) electrons. The van der Waals surface area contributed by atoms with Crippen LogP contribution in [-0.4, -0.2) is 17.6 Å². The summed E-state index contributed by atoms with van der Waals surface area (Å²) in [6, 6.07) is 7.89. The highest BCUT2D eigenvalue weighted by molar-refractivity contribution is 5.76. The molecule has 1 unspecified atom stereocenters. The molecule has 16 heavy (non-hydrogen) atoms. The van der Waals surface area contributed by atoms with E-state index >= 15 is 0 Å². The van der Waals surface area contributed by atoms with Gasteiger partial charge < -0.3 is 10.8 Å². The topological polar surface area (TPSA) is 63.3 Å². The number of aliphatic carboxylic acids is 1. The fourth-order valence-electron chi connectivity index (χ4n) is 2.15. The van der Waals surface area contributed by atoms with Gasteiger partial charge in [0, 0.05) is 6.54 Å². The smallest absolute Gasteiger partial charge is 0.312 e. The van der Waals surface area contributed by atoms with E-state index in [2.05, 4.69) is 6.07 Å². The van der Waals surface area contributed by atoms with E-state index in [9.17, 15) is 4.79 Å². The molecule has 1 aromatic rings. The summed E-state index contributed by atoms with van der Waals surface area (Å²) in [7, 11) is 0. The van der Waals surface area contributed by atoms with Crippen molar-refractivity contribution in [2.24, 2.45) is 5.73 Å². The molecule has 1 aliphatic rings. The largest absolute Gasteiger partial charge is 0.481 e. The first-order valence-electron chi connectivity index (χ1n) is 5.75. The Morgan fingerprint density at radius 2 is 2.25 bits per heavy atom. The van der Waals surface area contributed by atoms with Gasteiger partial charge in [0.05, 0.1) is 5.92 Å². The Bertz CT molecular complexity index is 385. The first-order valence-corrected chi connectivity index (χ1v) is 5.75. The van der Waals surface area contributed by atoms with Crippen LogP contribution in [0.5, 0.6) is 0 Å². The van der Waals surface area contributed by atoms with E-state index in [1.165, 1.54) is 24.8 Å². The van der Waals surface area contributed by atoms with Crippen molar-refractivity contribution >= 4 is 5.97 Å². The Balaban J connectivity index is 2.23. The van der Waals surface area contributed by atoms with Crippen LogP contribution in [0.4, 0.5) is 0 Å². The lowest BCUT2D eigenvalue weighted by Gasteiger charge is -2.26. The maximum Gasteiger partial charge on any atom is 0.312 e. The van der Waals surface area contributed by atoms with Crippen molar-refractivity contribution in [1.82, 2.24) is 0 Å². The van der Waals surface area contributed by atoms with Gasteiger partial charge in [-0.15, -0.1) is 0 Å². The normalized spacial score (nSPS) is 17.8. The van der Waals surface area contributed by atoms with Crippen molar-refractivity contribution in [2.75, 3.05) is 6.54 Å². The van der Waals surface area contributed by atoms with Gasteiger partial charge in [0.1, 0.15) is 0 Å². The number of hydrogen-bond donors (Lipinski definition) is 2. The minimum atomic E-state index is -0.840. The minimum Gasteiger partial charge on any atom is -0.481 e. The van der Waals surface area contributed by atoms with Gasteiger partial charge in [-0.05, 0) is 29.9 Å². The zero-order valence-electron chi connectivity index (χ0n) is 9.23. The zero-order valence-corrected chi connectivity index (χ0v) is 9.23. The molecule has 1 aliphatic carbocycles. The second-order valence-electron chi connectivity index (χ2n) is 4.42. The summed E-state index contributed by atoms with van der Waals surface area (Å²) >= 11 is 0. The molecule has 1 saturated carbocycles. The van der Waals surface area contributed by atoms with Crippen LogP contribution in [0.2, 0.25) is 0 Å². The van der Waals surface area contributed by atoms with E-state index in [0.29, 0.717) is 5.92 Å². The highest BCUT2D eigenvalue weighted by Gasteiger charge is 2.22. The summed E-state index contributed by atoms with van der Waals surface area (Å²) < 4.78 is 0. The van der Waals surface area contributed by atoms with Crippen molar-refractivity contribution in [3.8, 4) is 0 Å². The molecule has 0 heterocycles. The number of nitrogens with two attached hydrogens (primary N) is 1. The molecular weight excluding hydrogens is 202 g/mol. The molecule has 0 aromatic heterocycles. The lowest BCUT2D eigenvalue weighted by Crippen LogP contribution is -2.21. The maximum atomic E-state index is 11.0. The third kappa shape index (κ3) is 2.09. The van der Waals surface area contributed by atoms with Crippen LogP contribution in [-0.2, 0) is 4.79 Å². The Hall–Kier alpha value is -1.35. The van der Waals surface area contributed by atoms with Gasteiger partial charge in [-0.25, -0.2) is 0 Å². The molecule has 1 fully saturated rings. The standard InChI is InChI=1S/C13H17NO2/c14-8-12(13(15)16)11-6-2-5-10(7-11)9-3-1-4-9/h2,5-7,9,12H,1,3-4,8,14H2,(H,15,16). The van der Waals surface area contributed by atoms with Gasteiger partial charge in [0.15, 0.2) is 0 Å². The third-order valence-electron chi connectivity index (χ3n) is 3.42. The monoisotopic (exact) mass is 219 g/mol. The predicted octanol–water partition coefficient (Wildman–Crippen LogP) is 2.08. The van der Waals surface area contributed by atoms with Gasteiger partial charge in [-0.3, -0.25) is 4.79 Å². The van der Waals surface area contributed by atoms with Gasteiger partial charge in [0.2, 0.25) is 0 Å². The van der Waals surface area contributed by atoms with Gasteiger partial charge in [-0.1, -0.05) is 30.7 Å².